The van der Waals surface area contributed by atoms with Crippen LogP contribution in [-0.4, -0.2) is 22.5 Å². The minimum atomic E-state index is -0.292. The van der Waals surface area contributed by atoms with E-state index in [4.69, 9.17) is 11.6 Å². The van der Waals surface area contributed by atoms with Gasteiger partial charge in [0.1, 0.15) is 5.82 Å². The fourth-order valence-electron chi connectivity index (χ4n) is 2.12. The molecule has 0 aliphatic carbocycles. The van der Waals surface area contributed by atoms with Crippen LogP contribution in [0, 0.1) is 5.82 Å². The molecule has 1 amide bonds. The number of carbonyl (C=O) groups is 1. The van der Waals surface area contributed by atoms with Gasteiger partial charge in [0.2, 0.25) is 5.91 Å². The molecular formula is C17H13ClFN3OS. The molecule has 24 heavy (non-hydrogen) atoms. The molecule has 1 fully saturated rings. The first-order valence-electron chi connectivity index (χ1n) is 7.19. The average molecular weight is 362 g/mol. The van der Waals surface area contributed by atoms with E-state index < -0.39 is 0 Å². The Morgan fingerprint density at radius 1 is 1.17 bits per heavy atom. The molecule has 1 unspecified atom stereocenters. The summed E-state index contributed by atoms with van der Waals surface area (Å²) in [5, 5.41) is 11.5. The van der Waals surface area contributed by atoms with Gasteiger partial charge in [-0.15, -0.1) is 5.10 Å². The Bertz CT molecular complexity index is 790. The maximum atomic E-state index is 12.9. The minimum Gasteiger partial charge on any atom is -0.303 e. The van der Waals surface area contributed by atoms with Crippen molar-refractivity contribution in [3.05, 3.63) is 70.5 Å². The van der Waals surface area contributed by atoms with Gasteiger partial charge in [-0.1, -0.05) is 47.6 Å². The van der Waals surface area contributed by atoms with Gasteiger partial charge in [-0.2, -0.15) is 5.10 Å². The predicted molar refractivity (Wildman–Crippen MR) is 96.1 cm³/mol. The van der Waals surface area contributed by atoms with E-state index in [-0.39, 0.29) is 17.0 Å². The summed E-state index contributed by atoms with van der Waals surface area (Å²) < 4.78 is 12.9. The molecule has 4 nitrogen and oxygen atoms in total. The molecule has 0 radical (unpaired) electrons. The summed E-state index contributed by atoms with van der Waals surface area (Å²) in [4.78, 5) is 12.0. The number of hydrogen-bond acceptors (Lipinski definition) is 4. The Kier molecular flexibility index (Phi) is 5.27. The second-order valence-corrected chi connectivity index (χ2v) is 6.76. The minimum absolute atomic E-state index is 0.121. The number of amides is 1. The van der Waals surface area contributed by atoms with Gasteiger partial charge >= 0.3 is 0 Å². The number of hydrogen-bond donors (Lipinski definition) is 1. The third-order valence-corrected chi connectivity index (χ3v) is 4.66. The van der Waals surface area contributed by atoms with E-state index in [1.165, 1.54) is 23.9 Å². The van der Waals surface area contributed by atoms with Crippen molar-refractivity contribution >= 4 is 40.7 Å². The number of thioether (sulfide) groups is 1. The van der Waals surface area contributed by atoms with Crippen LogP contribution >= 0.6 is 23.4 Å². The van der Waals surface area contributed by atoms with Crippen LogP contribution in [0.15, 0.2) is 58.7 Å². The zero-order chi connectivity index (χ0) is 16.9. The van der Waals surface area contributed by atoms with E-state index in [1.807, 2.05) is 12.1 Å². The van der Waals surface area contributed by atoms with Gasteiger partial charge in [-0.3, -0.25) is 4.79 Å². The van der Waals surface area contributed by atoms with Crippen LogP contribution in [-0.2, 0) is 11.2 Å². The van der Waals surface area contributed by atoms with E-state index in [0.29, 0.717) is 16.6 Å². The van der Waals surface area contributed by atoms with E-state index in [1.54, 1.807) is 30.5 Å². The topological polar surface area (TPSA) is 53.8 Å². The quantitative estimate of drug-likeness (QED) is 0.667. The molecule has 1 heterocycles. The van der Waals surface area contributed by atoms with E-state index in [9.17, 15) is 9.18 Å². The molecule has 122 valence electrons. The summed E-state index contributed by atoms with van der Waals surface area (Å²) in [5.74, 6) is -0.411. The lowest BCUT2D eigenvalue weighted by atomic mass is 10.1. The summed E-state index contributed by atoms with van der Waals surface area (Å²) in [5.41, 5.74) is 1.76. The van der Waals surface area contributed by atoms with Gasteiger partial charge in [0.25, 0.3) is 0 Å². The van der Waals surface area contributed by atoms with Crippen LogP contribution in [0.25, 0.3) is 0 Å². The fraction of sp³-hybridized carbons (Fsp3) is 0.118. The van der Waals surface area contributed by atoms with Crippen molar-refractivity contribution in [2.75, 3.05) is 0 Å². The third-order valence-electron chi connectivity index (χ3n) is 3.34. The van der Waals surface area contributed by atoms with Crippen LogP contribution < -0.4 is 5.32 Å². The second kappa shape index (κ2) is 7.59. The van der Waals surface area contributed by atoms with Crippen molar-refractivity contribution in [1.82, 2.24) is 5.32 Å². The van der Waals surface area contributed by atoms with Gasteiger partial charge in [-0.25, -0.2) is 4.39 Å². The first-order valence-corrected chi connectivity index (χ1v) is 8.44. The number of nitrogens with zero attached hydrogens (tertiary/aromatic N) is 2. The molecule has 1 aliphatic rings. The lowest BCUT2D eigenvalue weighted by Gasteiger charge is -2.04. The zero-order valence-electron chi connectivity index (χ0n) is 12.4. The van der Waals surface area contributed by atoms with Gasteiger partial charge in [0, 0.05) is 5.02 Å². The van der Waals surface area contributed by atoms with E-state index >= 15 is 0 Å². The number of nitrogens with one attached hydrogen (secondary N) is 1. The molecule has 0 spiro atoms. The molecule has 1 atom stereocenters. The van der Waals surface area contributed by atoms with Gasteiger partial charge < -0.3 is 5.32 Å². The fourth-order valence-corrected chi connectivity index (χ4v) is 3.21. The Balaban J connectivity index is 1.61. The standard InChI is InChI=1S/C17H13ClFN3OS/c18-13-5-1-12(2-6-13)10-20-22-17-21-16(23)15(24-17)9-11-3-7-14(19)8-4-11/h1-8,10,15H,9H2,(H,21,22,23)/b20-10+. The molecule has 1 saturated heterocycles. The molecule has 2 aromatic rings. The molecule has 2 aromatic carbocycles. The maximum Gasteiger partial charge on any atom is 0.239 e. The lowest BCUT2D eigenvalue weighted by Crippen LogP contribution is -2.25. The highest BCUT2D eigenvalue weighted by Crippen LogP contribution is 2.23. The lowest BCUT2D eigenvalue weighted by molar-refractivity contribution is -0.118. The Morgan fingerprint density at radius 3 is 2.58 bits per heavy atom. The summed E-state index contributed by atoms with van der Waals surface area (Å²) in [7, 11) is 0. The highest BCUT2D eigenvalue weighted by atomic mass is 35.5. The van der Waals surface area contributed by atoms with Crippen LogP contribution in [0.3, 0.4) is 0 Å². The smallest absolute Gasteiger partial charge is 0.239 e. The maximum absolute atomic E-state index is 12.9. The monoisotopic (exact) mass is 361 g/mol. The molecule has 0 bridgehead atoms. The molecule has 0 saturated carbocycles. The zero-order valence-corrected chi connectivity index (χ0v) is 14.0. The van der Waals surface area contributed by atoms with Gasteiger partial charge in [0.15, 0.2) is 5.17 Å². The van der Waals surface area contributed by atoms with Crippen molar-refractivity contribution in [3.8, 4) is 0 Å². The molecule has 7 heteroatoms. The largest absolute Gasteiger partial charge is 0.303 e. The highest BCUT2D eigenvalue weighted by Gasteiger charge is 2.30. The van der Waals surface area contributed by atoms with Gasteiger partial charge in [-0.05, 0) is 41.8 Å². The van der Waals surface area contributed by atoms with Crippen LogP contribution in [0.1, 0.15) is 11.1 Å². The van der Waals surface area contributed by atoms with E-state index in [2.05, 4.69) is 15.5 Å². The van der Waals surface area contributed by atoms with Crippen LogP contribution in [0.4, 0.5) is 4.39 Å². The molecule has 1 aliphatic heterocycles. The van der Waals surface area contributed by atoms with Gasteiger partial charge in [0.05, 0.1) is 11.5 Å². The molecular weight excluding hydrogens is 349 g/mol. The molecule has 0 aromatic heterocycles. The third kappa shape index (κ3) is 4.43. The highest BCUT2D eigenvalue weighted by molar-refractivity contribution is 8.15. The van der Waals surface area contributed by atoms with Crippen LogP contribution in [0.5, 0.6) is 0 Å². The number of carbonyl (C=O) groups excluding carboxylic acids is 1. The number of amidine groups is 1. The van der Waals surface area contributed by atoms with Crippen molar-refractivity contribution in [2.24, 2.45) is 10.2 Å². The van der Waals surface area contributed by atoms with Crippen molar-refractivity contribution in [3.63, 3.8) is 0 Å². The Labute approximate surface area is 147 Å². The average Bonchev–Trinajstić information content (AvgIpc) is 2.91. The number of rotatable bonds is 4. The van der Waals surface area contributed by atoms with Crippen molar-refractivity contribution in [1.29, 1.82) is 0 Å². The normalized spacial score (nSPS) is 19.2. The van der Waals surface area contributed by atoms with Crippen molar-refractivity contribution in [2.45, 2.75) is 11.7 Å². The Morgan fingerprint density at radius 2 is 1.88 bits per heavy atom. The predicted octanol–water partition coefficient (Wildman–Crippen LogP) is 3.64. The molecule has 1 N–H and O–H groups in total. The summed E-state index contributed by atoms with van der Waals surface area (Å²) >= 11 is 7.13. The summed E-state index contributed by atoms with van der Waals surface area (Å²) in [6.45, 7) is 0. The van der Waals surface area contributed by atoms with E-state index in [0.717, 1.165) is 11.1 Å². The van der Waals surface area contributed by atoms with Crippen molar-refractivity contribution < 1.29 is 9.18 Å². The van der Waals surface area contributed by atoms with Crippen LogP contribution in [0.2, 0.25) is 5.02 Å². The molecule has 3 rings (SSSR count). The number of halogens is 2. The summed E-state index contributed by atoms with van der Waals surface area (Å²) in [6.07, 6.45) is 2.10. The first kappa shape index (κ1) is 16.7. The SMILES string of the molecule is O=C1N/C(=N\N=C\c2ccc(Cl)cc2)SC1Cc1ccc(F)cc1. The number of benzene rings is 2. The summed E-state index contributed by atoms with van der Waals surface area (Å²) in [6, 6.07) is 13.3. The Hall–Kier alpha value is -2.18. The first-order chi connectivity index (χ1) is 11.6. The second-order valence-electron chi connectivity index (χ2n) is 5.13.